The molecule has 150 valence electrons. The largest absolute Gasteiger partial charge is 0.339 e. The van der Waals surface area contributed by atoms with Crippen molar-refractivity contribution in [2.75, 3.05) is 0 Å². The average molecular weight is 392 g/mol. The fraction of sp³-hybridized carbons (Fsp3) is 0.476. The lowest BCUT2D eigenvalue weighted by Gasteiger charge is -2.37. The van der Waals surface area contributed by atoms with Gasteiger partial charge in [0.25, 0.3) is 5.91 Å². The molecule has 2 bridgehead atoms. The van der Waals surface area contributed by atoms with Crippen LogP contribution in [0, 0.1) is 6.92 Å². The molecular formula is C21H24N6O2. The minimum absolute atomic E-state index is 0.108. The number of fused-ring (bicyclic) bond motifs is 2. The smallest absolute Gasteiger partial charge is 0.257 e. The SMILES string of the molecule is CCn1cc(C(=O)N2C3CCC2CC(c2nc(-c4ccncc4)no2)C3)c(C)n1. The second kappa shape index (κ2) is 7.09. The zero-order valence-corrected chi connectivity index (χ0v) is 16.7. The third kappa shape index (κ3) is 3.12. The van der Waals surface area contributed by atoms with E-state index in [1.54, 1.807) is 12.4 Å². The topological polar surface area (TPSA) is 89.9 Å². The lowest BCUT2D eigenvalue weighted by Crippen LogP contribution is -2.46. The molecule has 5 rings (SSSR count). The molecule has 0 aliphatic carbocycles. The molecule has 2 fully saturated rings. The Kier molecular flexibility index (Phi) is 4.41. The molecular weight excluding hydrogens is 368 g/mol. The minimum Gasteiger partial charge on any atom is -0.339 e. The molecule has 0 radical (unpaired) electrons. The Bertz CT molecular complexity index is 1010. The lowest BCUT2D eigenvalue weighted by atomic mass is 9.90. The molecule has 2 aliphatic rings. The molecule has 2 unspecified atom stereocenters. The van der Waals surface area contributed by atoms with Gasteiger partial charge in [0, 0.05) is 48.7 Å². The summed E-state index contributed by atoms with van der Waals surface area (Å²) in [5.74, 6) is 1.57. The first-order chi connectivity index (χ1) is 14.1. The van der Waals surface area contributed by atoms with E-state index in [0.717, 1.165) is 49.0 Å². The number of aromatic nitrogens is 5. The maximum Gasteiger partial charge on any atom is 0.257 e. The molecule has 2 aliphatic heterocycles. The molecule has 2 saturated heterocycles. The van der Waals surface area contributed by atoms with Gasteiger partial charge in [0.2, 0.25) is 11.7 Å². The van der Waals surface area contributed by atoms with Crippen LogP contribution in [-0.4, -0.2) is 47.8 Å². The van der Waals surface area contributed by atoms with Crippen molar-refractivity contribution in [2.45, 2.75) is 64.1 Å². The highest BCUT2D eigenvalue weighted by Crippen LogP contribution is 2.43. The number of amides is 1. The van der Waals surface area contributed by atoms with Crippen LogP contribution in [0.4, 0.5) is 0 Å². The minimum atomic E-state index is 0.108. The van der Waals surface area contributed by atoms with Crippen molar-refractivity contribution in [3.63, 3.8) is 0 Å². The second-order valence-corrected chi connectivity index (χ2v) is 7.94. The number of aryl methyl sites for hydroxylation is 2. The number of pyridine rings is 1. The van der Waals surface area contributed by atoms with Crippen LogP contribution in [0.3, 0.4) is 0 Å². The normalized spacial score (nSPS) is 23.5. The Labute approximate surface area is 168 Å². The van der Waals surface area contributed by atoms with Gasteiger partial charge in [-0.15, -0.1) is 0 Å². The number of rotatable bonds is 4. The van der Waals surface area contributed by atoms with E-state index in [1.165, 1.54) is 0 Å². The van der Waals surface area contributed by atoms with Crippen LogP contribution in [0.15, 0.2) is 35.2 Å². The Balaban J connectivity index is 1.34. The van der Waals surface area contributed by atoms with Crippen molar-refractivity contribution in [2.24, 2.45) is 0 Å². The summed E-state index contributed by atoms with van der Waals surface area (Å²) in [6.45, 7) is 4.70. The fourth-order valence-corrected chi connectivity index (χ4v) is 4.76. The third-order valence-corrected chi connectivity index (χ3v) is 6.20. The van der Waals surface area contributed by atoms with Gasteiger partial charge in [0.1, 0.15) is 0 Å². The Morgan fingerprint density at radius 1 is 1.21 bits per heavy atom. The summed E-state index contributed by atoms with van der Waals surface area (Å²) in [6, 6.07) is 4.18. The van der Waals surface area contributed by atoms with Crippen LogP contribution >= 0.6 is 0 Å². The van der Waals surface area contributed by atoms with Gasteiger partial charge in [0.15, 0.2) is 0 Å². The summed E-state index contributed by atoms with van der Waals surface area (Å²) < 4.78 is 7.43. The molecule has 0 spiro atoms. The van der Waals surface area contributed by atoms with Crippen molar-refractivity contribution in [1.82, 2.24) is 29.8 Å². The molecule has 8 nitrogen and oxygen atoms in total. The van der Waals surface area contributed by atoms with Crippen LogP contribution in [0.25, 0.3) is 11.4 Å². The molecule has 0 N–H and O–H groups in total. The Hall–Kier alpha value is -3.03. The highest BCUT2D eigenvalue weighted by atomic mass is 16.5. The summed E-state index contributed by atoms with van der Waals surface area (Å²) in [7, 11) is 0. The highest BCUT2D eigenvalue weighted by Gasteiger charge is 2.45. The van der Waals surface area contributed by atoms with E-state index in [1.807, 2.05) is 36.9 Å². The fourth-order valence-electron chi connectivity index (χ4n) is 4.76. The summed E-state index contributed by atoms with van der Waals surface area (Å²) in [5, 5.41) is 8.59. The van der Waals surface area contributed by atoms with E-state index < -0.39 is 0 Å². The number of carbonyl (C=O) groups excluding carboxylic acids is 1. The molecule has 3 aromatic rings. The molecule has 29 heavy (non-hydrogen) atoms. The van der Waals surface area contributed by atoms with Gasteiger partial charge in [-0.2, -0.15) is 10.1 Å². The van der Waals surface area contributed by atoms with Gasteiger partial charge < -0.3 is 9.42 Å². The monoisotopic (exact) mass is 392 g/mol. The summed E-state index contributed by atoms with van der Waals surface area (Å²) in [4.78, 5) is 24.0. The second-order valence-electron chi connectivity index (χ2n) is 7.94. The highest BCUT2D eigenvalue weighted by molar-refractivity contribution is 5.95. The first kappa shape index (κ1) is 18.0. The van der Waals surface area contributed by atoms with Crippen molar-refractivity contribution >= 4 is 5.91 Å². The van der Waals surface area contributed by atoms with Crippen LogP contribution in [0.5, 0.6) is 0 Å². The van der Waals surface area contributed by atoms with E-state index in [4.69, 9.17) is 4.52 Å². The number of carbonyl (C=O) groups is 1. The van der Waals surface area contributed by atoms with E-state index in [-0.39, 0.29) is 23.9 Å². The van der Waals surface area contributed by atoms with Gasteiger partial charge in [-0.05, 0) is 51.7 Å². The predicted molar refractivity (Wildman–Crippen MR) is 105 cm³/mol. The molecule has 3 aromatic heterocycles. The predicted octanol–water partition coefficient (Wildman–Crippen LogP) is 3.21. The van der Waals surface area contributed by atoms with Gasteiger partial charge >= 0.3 is 0 Å². The van der Waals surface area contributed by atoms with Crippen molar-refractivity contribution in [1.29, 1.82) is 0 Å². The number of hydrogen-bond acceptors (Lipinski definition) is 6. The Morgan fingerprint density at radius 3 is 2.59 bits per heavy atom. The summed E-state index contributed by atoms with van der Waals surface area (Å²) in [5.41, 5.74) is 2.42. The zero-order valence-electron chi connectivity index (χ0n) is 16.7. The van der Waals surface area contributed by atoms with E-state index in [0.29, 0.717) is 11.7 Å². The van der Waals surface area contributed by atoms with Gasteiger partial charge in [-0.25, -0.2) is 0 Å². The third-order valence-electron chi connectivity index (χ3n) is 6.20. The summed E-state index contributed by atoms with van der Waals surface area (Å²) >= 11 is 0. The maximum absolute atomic E-state index is 13.3. The van der Waals surface area contributed by atoms with Gasteiger partial charge in [-0.3, -0.25) is 14.5 Å². The van der Waals surface area contributed by atoms with Gasteiger partial charge in [0.05, 0.1) is 11.3 Å². The van der Waals surface area contributed by atoms with E-state index in [9.17, 15) is 4.79 Å². The molecule has 2 atom stereocenters. The molecule has 1 amide bonds. The number of piperidine rings is 1. The van der Waals surface area contributed by atoms with Crippen molar-refractivity contribution in [3.8, 4) is 11.4 Å². The van der Waals surface area contributed by atoms with Crippen LogP contribution in [0.2, 0.25) is 0 Å². The first-order valence-corrected chi connectivity index (χ1v) is 10.2. The molecule has 5 heterocycles. The molecule has 0 saturated carbocycles. The first-order valence-electron chi connectivity index (χ1n) is 10.2. The van der Waals surface area contributed by atoms with Crippen molar-refractivity contribution < 1.29 is 9.32 Å². The maximum atomic E-state index is 13.3. The van der Waals surface area contributed by atoms with E-state index in [2.05, 4.69) is 25.1 Å². The average Bonchev–Trinajstić information content (AvgIpc) is 3.44. The Morgan fingerprint density at radius 2 is 1.93 bits per heavy atom. The molecule has 8 heteroatoms. The quantitative estimate of drug-likeness (QED) is 0.677. The number of hydrogen-bond donors (Lipinski definition) is 0. The molecule has 0 aromatic carbocycles. The number of nitrogens with zero attached hydrogens (tertiary/aromatic N) is 6. The van der Waals surface area contributed by atoms with Gasteiger partial charge in [-0.1, -0.05) is 5.16 Å². The summed E-state index contributed by atoms with van der Waals surface area (Å²) in [6.07, 6.45) is 9.10. The van der Waals surface area contributed by atoms with E-state index >= 15 is 0 Å². The van der Waals surface area contributed by atoms with Crippen LogP contribution < -0.4 is 0 Å². The standard InChI is InChI=1S/C21H24N6O2/c1-3-26-12-18(13(2)24-26)21(28)27-16-4-5-17(27)11-15(10-16)20-23-19(25-29-20)14-6-8-22-9-7-14/h6-9,12,15-17H,3-5,10-11H2,1-2H3. The lowest BCUT2D eigenvalue weighted by molar-refractivity contribution is 0.0554. The zero-order chi connectivity index (χ0) is 20.0. The van der Waals surface area contributed by atoms with Crippen molar-refractivity contribution in [3.05, 3.63) is 47.9 Å². The van der Waals surface area contributed by atoms with Crippen LogP contribution in [-0.2, 0) is 6.54 Å². The van der Waals surface area contributed by atoms with Crippen LogP contribution in [0.1, 0.15) is 60.5 Å².